The van der Waals surface area contributed by atoms with Gasteiger partial charge in [0, 0.05) is 32.6 Å². The van der Waals surface area contributed by atoms with Crippen LogP contribution in [0.15, 0.2) is 36.7 Å². The number of aryl methyl sites for hydroxylation is 1. The number of rotatable bonds is 5. The molecule has 0 radical (unpaired) electrons. The number of carbonyl (C=O) groups is 1. The minimum atomic E-state index is -0.285. The highest BCUT2D eigenvalue weighted by Crippen LogP contribution is 2.33. The Labute approximate surface area is 141 Å². The summed E-state index contributed by atoms with van der Waals surface area (Å²) in [6, 6.07) is 9.57. The summed E-state index contributed by atoms with van der Waals surface area (Å²) in [4.78, 5) is 16.8. The van der Waals surface area contributed by atoms with Gasteiger partial charge in [0.1, 0.15) is 11.9 Å². The first kappa shape index (κ1) is 16.2. The summed E-state index contributed by atoms with van der Waals surface area (Å²) < 4.78 is 7.62. The van der Waals surface area contributed by atoms with Gasteiger partial charge in [-0.05, 0) is 30.5 Å². The Balaban J connectivity index is 1.56. The minimum Gasteiger partial charge on any atom is -0.369 e. The zero-order valence-corrected chi connectivity index (χ0v) is 13.6. The van der Waals surface area contributed by atoms with Gasteiger partial charge in [-0.25, -0.2) is 4.98 Å². The molecule has 0 spiro atoms. The Morgan fingerprint density at radius 3 is 3.17 bits per heavy atom. The van der Waals surface area contributed by atoms with Gasteiger partial charge in [0.05, 0.1) is 17.6 Å². The Morgan fingerprint density at radius 1 is 1.54 bits per heavy atom. The van der Waals surface area contributed by atoms with Crippen molar-refractivity contribution < 1.29 is 9.53 Å². The average Bonchev–Trinajstić information content (AvgIpc) is 3.23. The molecule has 0 saturated carbocycles. The van der Waals surface area contributed by atoms with Crippen LogP contribution in [0.2, 0.25) is 0 Å². The smallest absolute Gasteiger partial charge is 0.226 e. The van der Waals surface area contributed by atoms with Gasteiger partial charge in [0.25, 0.3) is 0 Å². The molecule has 3 rings (SSSR count). The molecule has 1 aromatic heterocycles. The fraction of sp³-hybridized carbons (Fsp3) is 0.389. The van der Waals surface area contributed by atoms with Crippen LogP contribution in [0.25, 0.3) is 0 Å². The molecule has 6 heteroatoms. The highest BCUT2D eigenvalue weighted by atomic mass is 16.5. The maximum absolute atomic E-state index is 12.5. The molecule has 1 aliphatic rings. The Hall–Kier alpha value is -2.65. The van der Waals surface area contributed by atoms with Gasteiger partial charge >= 0.3 is 0 Å². The lowest BCUT2D eigenvalue weighted by atomic mass is 9.99. The molecule has 1 aliphatic heterocycles. The molecule has 2 aromatic rings. The van der Waals surface area contributed by atoms with Crippen LogP contribution < -0.4 is 5.32 Å². The second-order valence-corrected chi connectivity index (χ2v) is 5.94. The number of ether oxygens (including phenoxy) is 1. The van der Waals surface area contributed by atoms with E-state index in [-0.39, 0.29) is 17.9 Å². The van der Waals surface area contributed by atoms with E-state index in [0.29, 0.717) is 31.6 Å². The molecule has 6 nitrogen and oxygen atoms in total. The molecular weight excluding hydrogens is 304 g/mol. The molecule has 24 heavy (non-hydrogen) atoms. The third-order valence-electron chi connectivity index (χ3n) is 4.31. The van der Waals surface area contributed by atoms with Crippen LogP contribution in [-0.2, 0) is 23.0 Å². The van der Waals surface area contributed by atoms with Crippen LogP contribution in [-0.4, -0.2) is 28.6 Å². The van der Waals surface area contributed by atoms with Gasteiger partial charge in [-0.1, -0.05) is 12.1 Å². The van der Waals surface area contributed by atoms with Crippen molar-refractivity contribution in [2.24, 2.45) is 13.0 Å². The fourth-order valence-corrected chi connectivity index (χ4v) is 3.02. The quantitative estimate of drug-likeness (QED) is 0.908. The Kier molecular flexibility index (Phi) is 4.92. The summed E-state index contributed by atoms with van der Waals surface area (Å²) in [7, 11) is 1.90. The molecule has 1 amide bonds. The van der Waals surface area contributed by atoms with Gasteiger partial charge in [-0.3, -0.25) is 4.79 Å². The molecule has 1 aromatic carbocycles. The van der Waals surface area contributed by atoms with Crippen molar-refractivity contribution in [2.75, 3.05) is 13.2 Å². The average molecular weight is 324 g/mol. The van der Waals surface area contributed by atoms with Crippen LogP contribution in [0.1, 0.15) is 29.5 Å². The molecule has 124 valence electrons. The van der Waals surface area contributed by atoms with E-state index in [1.807, 2.05) is 36.0 Å². The number of hydrogen-bond acceptors (Lipinski definition) is 4. The first-order valence-corrected chi connectivity index (χ1v) is 8.04. The van der Waals surface area contributed by atoms with E-state index in [9.17, 15) is 4.79 Å². The van der Waals surface area contributed by atoms with E-state index in [2.05, 4.69) is 16.4 Å². The molecule has 1 fully saturated rings. The van der Waals surface area contributed by atoms with E-state index in [1.54, 1.807) is 12.3 Å². The SMILES string of the molecule is Cn1ccnc1[C@@H]1OCC[C@H]1C(=O)NCCc1cccc(C#N)c1. The van der Waals surface area contributed by atoms with Crippen LogP contribution in [0.4, 0.5) is 0 Å². The topological polar surface area (TPSA) is 79.9 Å². The Bertz CT molecular complexity index is 762. The molecular formula is C18H20N4O2. The number of imidazole rings is 1. The summed E-state index contributed by atoms with van der Waals surface area (Å²) in [5, 5.41) is 11.9. The molecule has 0 aliphatic carbocycles. The molecule has 1 saturated heterocycles. The van der Waals surface area contributed by atoms with Crippen molar-refractivity contribution in [1.82, 2.24) is 14.9 Å². The zero-order valence-electron chi connectivity index (χ0n) is 13.6. The zero-order chi connectivity index (χ0) is 16.9. The maximum Gasteiger partial charge on any atom is 0.226 e. The third-order valence-corrected chi connectivity index (χ3v) is 4.31. The number of nitrogens with one attached hydrogen (secondary N) is 1. The van der Waals surface area contributed by atoms with E-state index in [4.69, 9.17) is 10.00 Å². The van der Waals surface area contributed by atoms with Gasteiger partial charge in [-0.2, -0.15) is 5.26 Å². The standard InChI is InChI=1S/C18H20N4O2/c1-22-9-8-20-17(22)16-15(6-10-24-16)18(23)21-7-5-13-3-2-4-14(11-13)12-19/h2-4,8-9,11,15-16H,5-7,10H2,1H3,(H,21,23)/t15-,16-/m1/s1. The van der Waals surface area contributed by atoms with E-state index >= 15 is 0 Å². The van der Waals surface area contributed by atoms with Crippen molar-refractivity contribution in [2.45, 2.75) is 18.9 Å². The monoisotopic (exact) mass is 324 g/mol. The van der Waals surface area contributed by atoms with Crippen molar-refractivity contribution in [3.05, 3.63) is 53.6 Å². The van der Waals surface area contributed by atoms with Gasteiger partial charge < -0.3 is 14.6 Å². The van der Waals surface area contributed by atoms with Crippen LogP contribution >= 0.6 is 0 Å². The summed E-state index contributed by atoms with van der Waals surface area (Å²) in [6.45, 7) is 1.11. The number of nitriles is 1. The highest BCUT2D eigenvalue weighted by molar-refractivity contribution is 5.79. The molecule has 0 bridgehead atoms. The van der Waals surface area contributed by atoms with Crippen molar-refractivity contribution in [3.63, 3.8) is 0 Å². The Morgan fingerprint density at radius 2 is 2.42 bits per heavy atom. The number of hydrogen-bond donors (Lipinski definition) is 1. The summed E-state index contributed by atoms with van der Waals surface area (Å²) in [5.41, 5.74) is 1.68. The predicted octanol–water partition coefficient (Wildman–Crippen LogP) is 1.73. The van der Waals surface area contributed by atoms with Gasteiger partial charge in [0.15, 0.2) is 0 Å². The number of carbonyl (C=O) groups excluding carboxylic acids is 1. The number of benzene rings is 1. The lowest BCUT2D eigenvalue weighted by Crippen LogP contribution is -2.34. The van der Waals surface area contributed by atoms with Crippen LogP contribution in [0, 0.1) is 17.2 Å². The van der Waals surface area contributed by atoms with Crippen molar-refractivity contribution >= 4 is 5.91 Å². The first-order chi connectivity index (χ1) is 11.7. The minimum absolute atomic E-state index is 0.00284. The van der Waals surface area contributed by atoms with E-state index < -0.39 is 0 Å². The van der Waals surface area contributed by atoms with Crippen LogP contribution in [0.3, 0.4) is 0 Å². The van der Waals surface area contributed by atoms with Crippen LogP contribution in [0.5, 0.6) is 0 Å². The van der Waals surface area contributed by atoms with Crippen molar-refractivity contribution in [1.29, 1.82) is 5.26 Å². The summed E-state index contributed by atoms with van der Waals surface area (Å²) in [5.74, 6) is 0.572. The first-order valence-electron chi connectivity index (χ1n) is 8.04. The maximum atomic E-state index is 12.5. The molecule has 0 unspecified atom stereocenters. The van der Waals surface area contributed by atoms with E-state index in [1.165, 1.54) is 0 Å². The number of amides is 1. The van der Waals surface area contributed by atoms with Crippen molar-refractivity contribution in [3.8, 4) is 6.07 Å². The largest absolute Gasteiger partial charge is 0.369 e. The second-order valence-electron chi connectivity index (χ2n) is 5.94. The van der Waals surface area contributed by atoms with Gasteiger partial charge in [-0.15, -0.1) is 0 Å². The summed E-state index contributed by atoms with van der Waals surface area (Å²) >= 11 is 0. The number of aromatic nitrogens is 2. The van der Waals surface area contributed by atoms with Gasteiger partial charge in [0.2, 0.25) is 5.91 Å². The number of nitrogens with zero attached hydrogens (tertiary/aromatic N) is 3. The normalized spacial score (nSPS) is 19.8. The third kappa shape index (κ3) is 3.47. The van der Waals surface area contributed by atoms with E-state index in [0.717, 1.165) is 11.4 Å². The summed E-state index contributed by atoms with van der Waals surface area (Å²) in [6.07, 6.45) is 4.68. The molecule has 1 N–H and O–H groups in total. The highest BCUT2D eigenvalue weighted by Gasteiger charge is 2.37. The lowest BCUT2D eigenvalue weighted by Gasteiger charge is -2.18. The lowest BCUT2D eigenvalue weighted by molar-refractivity contribution is -0.126. The molecule has 2 atom stereocenters. The predicted molar refractivity (Wildman–Crippen MR) is 87.9 cm³/mol. The molecule has 2 heterocycles. The fourth-order valence-electron chi connectivity index (χ4n) is 3.02. The second kappa shape index (κ2) is 7.28.